The maximum Gasteiger partial charge on any atom is 0.384 e. The Hall–Kier alpha value is -1.72. The third-order valence-corrected chi connectivity index (χ3v) is 5.30. The van der Waals surface area contributed by atoms with Crippen molar-refractivity contribution < 1.29 is 105 Å². The van der Waals surface area contributed by atoms with Crippen molar-refractivity contribution in [3.05, 3.63) is 0 Å². The van der Waals surface area contributed by atoms with Crippen LogP contribution in [0.2, 0.25) is 0 Å². The van der Waals surface area contributed by atoms with Gasteiger partial charge in [0.15, 0.2) is 0 Å². The molecule has 1 nitrogen and oxygen atoms in total. The topological polar surface area (TPSA) is 12.0 Å². The van der Waals surface area contributed by atoms with Gasteiger partial charge in [-0.3, -0.25) is 0 Å². The molecule has 0 aromatic carbocycles. The van der Waals surface area contributed by atoms with Gasteiger partial charge in [0.25, 0.3) is 0 Å². The fourth-order valence-electron chi connectivity index (χ4n) is 2.70. The van der Waals surface area contributed by atoms with Gasteiger partial charge in [-0.1, -0.05) is 0 Å². The summed E-state index contributed by atoms with van der Waals surface area (Å²) in [7, 11) is -0.0670. The average Bonchev–Trinajstić information content (AvgIpc) is 2.76. The molecule has 248 valence electrons. The predicted molar refractivity (Wildman–Crippen MR) is 83.6 cm³/mol. The van der Waals surface area contributed by atoms with Gasteiger partial charge in [0.2, 0.25) is 0 Å². The fourth-order valence-corrected chi connectivity index (χ4v) is 2.70. The van der Waals surface area contributed by atoms with Crippen molar-refractivity contribution in [1.29, 1.82) is 0 Å². The zero-order valence-electron chi connectivity index (χ0n) is 18.7. The van der Waals surface area contributed by atoms with Crippen LogP contribution < -0.4 is 5.32 Å². The Morgan fingerprint density at radius 1 is 0.390 bits per heavy atom. The molecule has 0 aliphatic heterocycles. The van der Waals surface area contributed by atoms with Gasteiger partial charge in [0, 0.05) is 18.9 Å². The summed E-state index contributed by atoms with van der Waals surface area (Å²) in [6.07, 6.45) is -19.2. The van der Waals surface area contributed by atoms with E-state index in [1.165, 1.54) is 0 Å². The molecule has 0 aromatic heterocycles. The zero-order chi connectivity index (χ0) is 33.9. The van der Waals surface area contributed by atoms with Gasteiger partial charge in [-0.05, 0) is 7.05 Å². The highest BCUT2D eigenvalue weighted by Gasteiger charge is 2.89. The third kappa shape index (κ3) is 5.67. The summed E-state index contributed by atoms with van der Waals surface area (Å²) in [5.41, 5.74) is 0. The summed E-state index contributed by atoms with van der Waals surface area (Å²) in [5.74, 6) is -77.9. The molecular weight excluding hydrogens is 662 g/mol. The standard InChI is InChI=1S/C16H11F24N/c1-41-4(2-7(21,22)11(29,30)15(37,38)13(33,34)9(25,26)5(17)18)3-8(23,24)12(31,32)16(39,40)14(35,36)10(27,28)6(19)20/h4-6,41H,2-3H2,1H3. The molecule has 0 heterocycles. The molecule has 0 saturated heterocycles. The highest BCUT2D eigenvalue weighted by atomic mass is 19.4. The molecular formula is C16H11F24N. The Labute approximate surface area is 210 Å². The van der Waals surface area contributed by atoms with Crippen molar-refractivity contribution in [3.63, 3.8) is 0 Å². The Morgan fingerprint density at radius 3 is 0.780 bits per heavy atom. The molecule has 0 saturated carbocycles. The van der Waals surface area contributed by atoms with Crippen molar-refractivity contribution in [2.75, 3.05) is 7.05 Å². The lowest BCUT2D eigenvalue weighted by Crippen LogP contribution is -2.70. The smallest absolute Gasteiger partial charge is 0.317 e. The van der Waals surface area contributed by atoms with Crippen molar-refractivity contribution in [1.82, 2.24) is 5.32 Å². The van der Waals surface area contributed by atoms with Gasteiger partial charge in [0.1, 0.15) is 0 Å². The van der Waals surface area contributed by atoms with E-state index in [0.29, 0.717) is 0 Å². The molecule has 0 aliphatic carbocycles. The average molecular weight is 673 g/mol. The summed E-state index contributed by atoms with van der Waals surface area (Å²) >= 11 is 0. The number of halogens is 24. The quantitative estimate of drug-likeness (QED) is 0.173. The van der Waals surface area contributed by atoms with Gasteiger partial charge in [-0.2, -0.15) is 87.8 Å². The molecule has 25 heteroatoms. The molecule has 1 N–H and O–H groups in total. The summed E-state index contributed by atoms with van der Waals surface area (Å²) in [5, 5.41) is 0.808. The highest BCUT2D eigenvalue weighted by Crippen LogP contribution is 2.61. The van der Waals surface area contributed by atoms with Crippen LogP contribution in [0.3, 0.4) is 0 Å². The van der Waals surface area contributed by atoms with Crippen LogP contribution in [-0.2, 0) is 0 Å². The number of rotatable bonds is 15. The number of alkyl halides is 24. The molecule has 0 rings (SSSR count). The third-order valence-electron chi connectivity index (χ3n) is 5.30. The van der Waals surface area contributed by atoms with Crippen molar-refractivity contribution in [3.8, 4) is 0 Å². The number of hydrogen-bond donors (Lipinski definition) is 1. The van der Waals surface area contributed by atoms with E-state index in [0.717, 1.165) is 5.32 Å². The van der Waals surface area contributed by atoms with Crippen molar-refractivity contribution in [2.24, 2.45) is 0 Å². The highest BCUT2D eigenvalue weighted by molar-refractivity contribution is 5.12. The maximum absolute atomic E-state index is 13.9. The normalized spacial score (nSPS) is 16.4. The van der Waals surface area contributed by atoms with E-state index in [-0.39, 0.29) is 7.05 Å². The van der Waals surface area contributed by atoms with Crippen LogP contribution in [0.5, 0.6) is 0 Å². The van der Waals surface area contributed by atoms with Crippen LogP contribution in [0.1, 0.15) is 12.8 Å². The van der Waals surface area contributed by atoms with Crippen LogP contribution in [0.15, 0.2) is 0 Å². The molecule has 0 unspecified atom stereocenters. The minimum absolute atomic E-state index is 0.0670. The van der Waals surface area contributed by atoms with Gasteiger partial charge >= 0.3 is 72.1 Å². The maximum atomic E-state index is 13.9. The monoisotopic (exact) mass is 673 g/mol. The largest absolute Gasteiger partial charge is 0.384 e. The molecule has 0 bridgehead atoms. The fraction of sp³-hybridized carbons (Fsp3) is 1.00. The van der Waals surface area contributed by atoms with Gasteiger partial charge in [0.05, 0.1) is 0 Å². The summed E-state index contributed by atoms with van der Waals surface area (Å²) in [6.45, 7) is 0. The second-order valence-corrected chi connectivity index (χ2v) is 8.10. The van der Waals surface area contributed by atoms with Crippen LogP contribution in [0.4, 0.5) is 105 Å². The van der Waals surface area contributed by atoms with Gasteiger partial charge in [-0.15, -0.1) is 0 Å². The van der Waals surface area contributed by atoms with Crippen molar-refractivity contribution in [2.45, 2.75) is 91.0 Å². The second-order valence-electron chi connectivity index (χ2n) is 8.10. The molecule has 0 spiro atoms. The van der Waals surface area contributed by atoms with E-state index in [2.05, 4.69) is 0 Å². The lowest BCUT2D eigenvalue weighted by molar-refractivity contribution is -0.416. The van der Waals surface area contributed by atoms with Gasteiger partial charge in [-0.25, -0.2) is 17.6 Å². The van der Waals surface area contributed by atoms with E-state index in [1.54, 1.807) is 0 Å². The van der Waals surface area contributed by atoms with E-state index in [1.807, 2.05) is 0 Å². The van der Waals surface area contributed by atoms with E-state index < -0.39 is 91.0 Å². The van der Waals surface area contributed by atoms with Crippen LogP contribution in [-0.4, -0.2) is 85.2 Å². The first-order chi connectivity index (χ1) is 17.5. The summed E-state index contributed by atoms with van der Waals surface area (Å²) < 4.78 is 316. The molecule has 0 atom stereocenters. The second kappa shape index (κ2) is 10.8. The first-order valence-electron chi connectivity index (χ1n) is 9.54. The van der Waals surface area contributed by atoms with E-state index in [4.69, 9.17) is 0 Å². The Kier molecular flexibility index (Phi) is 10.3. The van der Waals surface area contributed by atoms with E-state index >= 15 is 0 Å². The Morgan fingerprint density at radius 2 is 0.610 bits per heavy atom. The number of hydrogen-bond acceptors (Lipinski definition) is 1. The van der Waals surface area contributed by atoms with Crippen LogP contribution in [0.25, 0.3) is 0 Å². The molecule has 0 radical (unpaired) electrons. The lowest BCUT2D eigenvalue weighted by Gasteiger charge is -2.41. The Bertz CT molecular complexity index is 820. The predicted octanol–water partition coefficient (Wildman–Crippen LogP) is 8.24. The first-order valence-corrected chi connectivity index (χ1v) is 9.54. The summed E-state index contributed by atoms with van der Waals surface area (Å²) in [4.78, 5) is 0. The lowest BCUT2D eigenvalue weighted by atomic mass is 9.87. The van der Waals surface area contributed by atoms with Crippen LogP contribution >= 0.6 is 0 Å². The number of nitrogens with one attached hydrogen (secondary N) is 1. The minimum Gasteiger partial charge on any atom is -0.317 e. The van der Waals surface area contributed by atoms with Crippen LogP contribution in [0, 0.1) is 0 Å². The zero-order valence-corrected chi connectivity index (χ0v) is 18.7. The van der Waals surface area contributed by atoms with Crippen molar-refractivity contribution >= 4 is 0 Å². The molecule has 0 fully saturated rings. The first kappa shape index (κ1) is 39.3. The molecule has 0 aromatic rings. The SMILES string of the molecule is CNC(CC(F)(F)C(F)(F)C(F)(F)C(F)(F)C(F)(F)C(F)F)CC(F)(F)C(F)(F)C(F)(F)C(F)(F)C(F)(F)C(F)F. The minimum atomic E-state index is -8.23. The summed E-state index contributed by atoms with van der Waals surface area (Å²) in [6, 6.07) is -3.84. The molecule has 0 amide bonds. The Balaban J connectivity index is 6.54. The molecule has 41 heavy (non-hydrogen) atoms. The molecule has 0 aliphatic rings. The van der Waals surface area contributed by atoms with Gasteiger partial charge < -0.3 is 5.32 Å². The van der Waals surface area contributed by atoms with E-state index in [9.17, 15) is 105 Å².